The van der Waals surface area contributed by atoms with Gasteiger partial charge < -0.3 is 4.43 Å². The second-order valence-corrected chi connectivity index (χ2v) is 15.4. The zero-order chi connectivity index (χ0) is 20.6. The van der Waals surface area contributed by atoms with E-state index in [1.54, 1.807) is 0 Å². The van der Waals surface area contributed by atoms with Crippen LogP contribution < -0.4 is 0 Å². The van der Waals surface area contributed by atoms with Crippen molar-refractivity contribution in [2.45, 2.75) is 56.8 Å². The van der Waals surface area contributed by atoms with E-state index in [0.29, 0.717) is 12.1 Å². The summed E-state index contributed by atoms with van der Waals surface area (Å²) >= 11 is 6.11. The lowest BCUT2D eigenvalue weighted by Gasteiger charge is -2.38. The molecule has 8 heteroatoms. The van der Waals surface area contributed by atoms with E-state index in [0.717, 1.165) is 5.57 Å². The van der Waals surface area contributed by atoms with Crippen LogP contribution in [0.15, 0.2) is 34.7 Å². The highest BCUT2D eigenvalue weighted by atomic mass is 35.5. The van der Waals surface area contributed by atoms with Crippen molar-refractivity contribution in [2.24, 2.45) is 0 Å². The second kappa shape index (κ2) is 7.68. The van der Waals surface area contributed by atoms with Gasteiger partial charge in [-0.15, -0.1) is 0 Å². The van der Waals surface area contributed by atoms with Crippen LogP contribution >= 0.6 is 11.6 Å². The zero-order valence-electron chi connectivity index (χ0n) is 16.7. The van der Waals surface area contributed by atoms with Crippen LogP contribution in [-0.2, 0) is 14.4 Å². The van der Waals surface area contributed by atoms with E-state index in [4.69, 9.17) is 21.3 Å². The maximum absolute atomic E-state index is 13.0. The molecule has 0 saturated heterocycles. The molecule has 148 valence electrons. The van der Waals surface area contributed by atoms with Crippen LogP contribution in [0, 0.1) is 11.3 Å². The van der Waals surface area contributed by atoms with E-state index in [-0.39, 0.29) is 27.6 Å². The van der Waals surface area contributed by atoms with E-state index in [9.17, 15) is 8.42 Å². The molecule has 27 heavy (non-hydrogen) atoms. The Morgan fingerprint density at radius 2 is 1.96 bits per heavy atom. The Balaban J connectivity index is 2.16. The van der Waals surface area contributed by atoms with Gasteiger partial charge in [0, 0.05) is 13.1 Å². The average molecular weight is 427 g/mol. The molecule has 0 aliphatic carbocycles. The minimum atomic E-state index is -3.74. The Labute approximate surface area is 168 Å². The SMILES string of the molecule is CC(O[Si](C)(C)C(C)(C)C)C1=CCN(S(=O)(=O)c2ccc(C#N)cc2Cl)C1. The molecule has 0 radical (unpaired) electrons. The van der Waals surface area contributed by atoms with E-state index >= 15 is 0 Å². The van der Waals surface area contributed by atoms with Crippen molar-refractivity contribution in [3.63, 3.8) is 0 Å². The first-order chi connectivity index (χ1) is 12.3. The summed E-state index contributed by atoms with van der Waals surface area (Å²) in [6.45, 7) is 13.5. The molecule has 1 aliphatic heterocycles. The van der Waals surface area contributed by atoms with Gasteiger partial charge in [0.15, 0.2) is 8.32 Å². The Bertz CT molecular complexity index is 899. The van der Waals surface area contributed by atoms with Crippen molar-refractivity contribution in [3.8, 4) is 6.07 Å². The normalized spacial score (nSPS) is 17.5. The van der Waals surface area contributed by atoms with E-state index in [1.807, 2.05) is 19.1 Å². The zero-order valence-corrected chi connectivity index (χ0v) is 19.3. The molecule has 1 aromatic carbocycles. The average Bonchev–Trinajstić information content (AvgIpc) is 3.03. The minimum absolute atomic E-state index is 0.0239. The number of nitrogens with zero attached hydrogens (tertiary/aromatic N) is 2. The molecule has 1 atom stereocenters. The molecule has 0 fully saturated rings. The standard InChI is InChI=1S/C19H27ClN2O3SSi/c1-14(25-27(5,6)19(2,3)4)16-9-10-22(13-16)26(23,24)18-8-7-15(12-21)11-17(18)20/h7-9,11,14H,10,13H2,1-6H3. The summed E-state index contributed by atoms with van der Waals surface area (Å²) in [6, 6.07) is 6.19. The lowest BCUT2D eigenvalue weighted by molar-refractivity contribution is 0.228. The summed E-state index contributed by atoms with van der Waals surface area (Å²) < 4.78 is 33.7. The Morgan fingerprint density at radius 3 is 2.48 bits per heavy atom. The number of nitriles is 1. The lowest BCUT2D eigenvalue weighted by Crippen LogP contribution is -2.44. The predicted octanol–water partition coefficient (Wildman–Crippen LogP) is 4.55. The van der Waals surface area contributed by atoms with Gasteiger partial charge in [0.1, 0.15) is 4.90 Å². The Hall–Kier alpha value is -1.17. The van der Waals surface area contributed by atoms with Crippen LogP contribution in [0.2, 0.25) is 23.2 Å². The first kappa shape index (κ1) is 22.1. The first-order valence-corrected chi connectivity index (χ1v) is 13.6. The molecule has 1 unspecified atom stereocenters. The number of hydrogen-bond acceptors (Lipinski definition) is 4. The summed E-state index contributed by atoms with van der Waals surface area (Å²) in [5.74, 6) is 0. The van der Waals surface area contributed by atoms with Crippen LogP contribution in [0.1, 0.15) is 33.3 Å². The maximum atomic E-state index is 13.0. The quantitative estimate of drug-likeness (QED) is 0.511. The van der Waals surface area contributed by atoms with Gasteiger partial charge in [-0.2, -0.15) is 9.57 Å². The molecular formula is C19H27ClN2O3SSi. The monoisotopic (exact) mass is 426 g/mol. The first-order valence-electron chi connectivity index (χ1n) is 8.86. The number of sulfonamides is 1. The van der Waals surface area contributed by atoms with Crippen LogP contribution in [0.5, 0.6) is 0 Å². The van der Waals surface area contributed by atoms with Gasteiger partial charge in [-0.1, -0.05) is 38.4 Å². The maximum Gasteiger partial charge on any atom is 0.245 e. The molecule has 1 aromatic rings. The van der Waals surface area contributed by atoms with Gasteiger partial charge >= 0.3 is 0 Å². The number of rotatable bonds is 5. The summed E-state index contributed by atoms with van der Waals surface area (Å²) in [6.07, 6.45) is 1.79. The predicted molar refractivity (Wildman–Crippen MR) is 111 cm³/mol. The third kappa shape index (κ3) is 4.64. The summed E-state index contributed by atoms with van der Waals surface area (Å²) in [7, 11) is -5.68. The molecule has 0 saturated carbocycles. The number of benzene rings is 1. The van der Waals surface area contributed by atoms with Gasteiger partial charge in [0.05, 0.1) is 22.8 Å². The molecule has 1 aliphatic rings. The molecule has 0 N–H and O–H groups in total. The highest BCUT2D eigenvalue weighted by molar-refractivity contribution is 7.89. The fourth-order valence-corrected chi connectivity index (χ4v) is 5.92. The van der Waals surface area contributed by atoms with E-state index in [2.05, 4.69) is 33.9 Å². The largest absolute Gasteiger partial charge is 0.411 e. The fraction of sp³-hybridized carbons (Fsp3) is 0.526. The summed E-state index contributed by atoms with van der Waals surface area (Å²) in [4.78, 5) is 0.0239. The number of halogens is 1. The van der Waals surface area contributed by atoms with Crippen molar-refractivity contribution >= 4 is 29.9 Å². The van der Waals surface area contributed by atoms with Crippen LogP contribution in [-0.4, -0.2) is 40.2 Å². The topological polar surface area (TPSA) is 70.4 Å². The van der Waals surface area contributed by atoms with Gasteiger partial charge in [-0.3, -0.25) is 0 Å². The van der Waals surface area contributed by atoms with Crippen molar-refractivity contribution in [1.29, 1.82) is 5.26 Å². The van der Waals surface area contributed by atoms with Crippen molar-refractivity contribution in [1.82, 2.24) is 4.31 Å². The summed E-state index contributed by atoms with van der Waals surface area (Å²) in [5, 5.41) is 9.07. The molecular weight excluding hydrogens is 400 g/mol. The van der Waals surface area contributed by atoms with Gasteiger partial charge in [-0.05, 0) is 48.8 Å². The van der Waals surface area contributed by atoms with E-state index in [1.165, 1.54) is 22.5 Å². The molecule has 5 nitrogen and oxygen atoms in total. The molecule has 0 aromatic heterocycles. The van der Waals surface area contributed by atoms with Crippen molar-refractivity contribution in [2.75, 3.05) is 13.1 Å². The smallest absolute Gasteiger partial charge is 0.245 e. The highest BCUT2D eigenvalue weighted by Gasteiger charge is 2.40. The summed E-state index contributed by atoms with van der Waals surface area (Å²) in [5.41, 5.74) is 1.30. The second-order valence-electron chi connectivity index (χ2n) is 8.35. The van der Waals surface area contributed by atoms with Gasteiger partial charge in [-0.25, -0.2) is 8.42 Å². The number of hydrogen-bond donors (Lipinski definition) is 0. The van der Waals surface area contributed by atoms with Gasteiger partial charge in [0.25, 0.3) is 0 Å². The molecule has 0 bridgehead atoms. The minimum Gasteiger partial charge on any atom is -0.411 e. The molecule has 1 heterocycles. The van der Waals surface area contributed by atoms with E-state index < -0.39 is 18.3 Å². The molecule has 2 rings (SSSR count). The van der Waals surface area contributed by atoms with Crippen molar-refractivity contribution < 1.29 is 12.8 Å². The van der Waals surface area contributed by atoms with Crippen molar-refractivity contribution in [3.05, 3.63) is 40.4 Å². The van der Waals surface area contributed by atoms with Crippen LogP contribution in [0.25, 0.3) is 0 Å². The fourth-order valence-electron chi connectivity index (χ4n) is 2.64. The lowest BCUT2D eigenvalue weighted by atomic mass is 10.2. The molecule has 0 spiro atoms. The Kier molecular flexibility index (Phi) is 6.30. The van der Waals surface area contributed by atoms with Gasteiger partial charge in [0.2, 0.25) is 10.0 Å². The Morgan fingerprint density at radius 1 is 1.33 bits per heavy atom. The third-order valence-corrected chi connectivity index (χ3v) is 12.2. The third-order valence-electron chi connectivity index (χ3n) is 5.39. The van der Waals surface area contributed by atoms with Crippen LogP contribution in [0.3, 0.4) is 0 Å². The van der Waals surface area contributed by atoms with Crippen LogP contribution in [0.4, 0.5) is 0 Å². The highest BCUT2D eigenvalue weighted by Crippen LogP contribution is 2.38. The molecule has 0 amide bonds.